The third kappa shape index (κ3) is 7.59. The first kappa shape index (κ1) is 27.4. The maximum Gasteiger partial charge on any atom is 0.240 e. The highest BCUT2D eigenvalue weighted by Gasteiger charge is 2.21. The lowest BCUT2D eigenvalue weighted by Crippen LogP contribution is -2.25. The number of aromatic nitrogens is 1. The molecule has 0 bridgehead atoms. The van der Waals surface area contributed by atoms with E-state index in [0.717, 1.165) is 23.5 Å². The number of ketones is 1. The molecule has 2 rings (SSSR count). The van der Waals surface area contributed by atoms with E-state index in [1.807, 2.05) is 0 Å². The van der Waals surface area contributed by atoms with Crippen LogP contribution in [-0.2, 0) is 10.0 Å². The summed E-state index contributed by atoms with van der Waals surface area (Å²) < 4.78 is 41.3. The third-order valence-corrected chi connectivity index (χ3v) is 7.13. The molecule has 1 aromatic carbocycles. The van der Waals surface area contributed by atoms with Gasteiger partial charge in [0.25, 0.3) is 0 Å². The van der Waals surface area contributed by atoms with Crippen molar-refractivity contribution in [2.24, 2.45) is 0 Å². The van der Waals surface area contributed by atoms with E-state index < -0.39 is 27.2 Å². The van der Waals surface area contributed by atoms with Gasteiger partial charge in [-0.1, -0.05) is 30.6 Å². The molecule has 0 fully saturated rings. The molecule has 0 aliphatic carbocycles. The van der Waals surface area contributed by atoms with Crippen LogP contribution in [0.1, 0.15) is 42.8 Å². The van der Waals surface area contributed by atoms with Crippen molar-refractivity contribution in [2.75, 3.05) is 17.6 Å². The molecule has 8 nitrogen and oxygen atoms in total. The number of aliphatic hydroxyl groups is 1. The number of hydrogen-bond acceptors (Lipinski definition) is 8. The largest absolute Gasteiger partial charge is 0.390 e. The maximum atomic E-state index is 13.8. The summed E-state index contributed by atoms with van der Waals surface area (Å²) in [5, 5.41) is 12.9. The number of nitrogens with two attached hydrogens (primary N) is 1. The Balaban J connectivity index is 2.05. The van der Waals surface area contributed by atoms with E-state index in [2.05, 4.69) is 28.2 Å². The Morgan fingerprint density at radius 1 is 1.24 bits per heavy atom. The summed E-state index contributed by atoms with van der Waals surface area (Å²) in [6.45, 7) is 10.4. The molecule has 0 radical (unpaired) electrons. The summed E-state index contributed by atoms with van der Waals surface area (Å²) in [6, 6.07) is 5.97. The van der Waals surface area contributed by atoms with Gasteiger partial charge in [-0.25, -0.2) is 22.5 Å². The van der Waals surface area contributed by atoms with Gasteiger partial charge >= 0.3 is 0 Å². The van der Waals surface area contributed by atoms with E-state index in [4.69, 9.17) is 5.73 Å². The summed E-state index contributed by atoms with van der Waals surface area (Å²) >= 11 is 0.933. The summed E-state index contributed by atoms with van der Waals surface area (Å²) in [4.78, 5) is 16.8. The van der Waals surface area contributed by atoms with Gasteiger partial charge in [-0.05, 0) is 63.5 Å². The van der Waals surface area contributed by atoms with Gasteiger partial charge in [0.2, 0.25) is 15.8 Å². The summed E-state index contributed by atoms with van der Waals surface area (Å²) in [7, 11) is -3.68. The van der Waals surface area contributed by atoms with Crippen LogP contribution < -0.4 is 15.8 Å². The smallest absolute Gasteiger partial charge is 0.240 e. The zero-order valence-electron chi connectivity index (χ0n) is 19.1. The molecular formula is C23H29FN4O4S2. The number of Topliss-reactive ketones (excluding diaryl/α,β-unsaturated/α-hetero) is 1. The van der Waals surface area contributed by atoms with Crippen molar-refractivity contribution in [3.8, 4) is 0 Å². The van der Waals surface area contributed by atoms with Gasteiger partial charge in [-0.3, -0.25) is 4.79 Å². The van der Waals surface area contributed by atoms with E-state index in [0.29, 0.717) is 24.9 Å². The molecule has 0 atom stereocenters. The van der Waals surface area contributed by atoms with Crippen LogP contribution in [0.4, 0.5) is 21.0 Å². The van der Waals surface area contributed by atoms with Crippen molar-refractivity contribution in [1.82, 2.24) is 9.71 Å². The Kier molecular flexibility index (Phi) is 9.28. The Hall–Kier alpha value is -2.86. The minimum absolute atomic E-state index is 0.0439. The molecule has 5 N–H and O–H groups in total. The predicted octanol–water partition coefficient (Wildman–Crippen LogP) is 4.47. The number of carbonyl (C=O) groups is 1. The highest BCUT2D eigenvalue weighted by Crippen LogP contribution is 2.31. The molecule has 0 unspecified atom stereocenters. The van der Waals surface area contributed by atoms with Crippen LogP contribution in [0.3, 0.4) is 0 Å². The number of nitrogens with zero attached hydrogens (tertiary/aromatic N) is 1. The molecule has 11 heteroatoms. The standard InChI is InChI=1S/C23H29FN4O4S2/c1-5-17(18(24)6-2)19(29)20-21(25)28-22(33-20)27-15-9-11-16(12-10-15)34(31,32)26-14-8-7-13-23(3,4)30/h5-6,9-12,26,30H,1-2,7-8,13-14,25H2,3-4H3,(H,27,28). The lowest BCUT2D eigenvalue weighted by atomic mass is 10.0. The molecule has 0 aliphatic rings. The van der Waals surface area contributed by atoms with E-state index in [9.17, 15) is 22.7 Å². The number of benzene rings is 1. The third-order valence-electron chi connectivity index (χ3n) is 4.67. The second kappa shape index (κ2) is 11.5. The van der Waals surface area contributed by atoms with Gasteiger partial charge in [0, 0.05) is 12.2 Å². The zero-order chi connectivity index (χ0) is 25.5. The average Bonchev–Trinajstić information content (AvgIpc) is 3.13. The molecule has 0 spiro atoms. The first-order valence-electron chi connectivity index (χ1n) is 10.4. The predicted molar refractivity (Wildman–Crippen MR) is 134 cm³/mol. The number of sulfonamides is 1. The number of allylic oxidation sites excluding steroid dienone is 4. The number of nitrogen functional groups attached to an aromatic ring is 1. The minimum Gasteiger partial charge on any atom is -0.390 e. The van der Waals surface area contributed by atoms with Crippen molar-refractivity contribution < 1.29 is 22.7 Å². The molecule has 0 amide bonds. The van der Waals surface area contributed by atoms with E-state index in [1.54, 1.807) is 26.0 Å². The van der Waals surface area contributed by atoms with Gasteiger partial charge in [0.1, 0.15) is 16.5 Å². The highest BCUT2D eigenvalue weighted by molar-refractivity contribution is 7.89. The van der Waals surface area contributed by atoms with Crippen molar-refractivity contribution in [3.05, 3.63) is 65.9 Å². The van der Waals surface area contributed by atoms with Crippen molar-refractivity contribution in [2.45, 2.75) is 43.6 Å². The maximum absolute atomic E-state index is 13.8. The lowest BCUT2D eigenvalue weighted by Gasteiger charge is -2.16. The number of unbranched alkanes of at least 4 members (excludes halogenated alkanes) is 1. The molecule has 34 heavy (non-hydrogen) atoms. The van der Waals surface area contributed by atoms with Crippen molar-refractivity contribution in [1.29, 1.82) is 0 Å². The number of carbonyl (C=O) groups excluding carboxylic acids is 1. The van der Waals surface area contributed by atoms with Crippen LogP contribution >= 0.6 is 11.3 Å². The second-order valence-corrected chi connectivity index (χ2v) is 10.8. The van der Waals surface area contributed by atoms with E-state index in [-0.39, 0.29) is 32.8 Å². The fourth-order valence-electron chi connectivity index (χ4n) is 2.89. The number of halogens is 1. The van der Waals surface area contributed by atoms with E-state index in [1.165, 1.54) is 12.1 Å². The van der Waals surface area contributed by atoms with Crippen LogP contribution in [-0.4, -0.2) is 36.4 Å². The summed E-state index contributed by atoms with van der Waals surface area (Å²) in [5.41, 5.74) is 5.32. The monoisotopic (exact) mass is 508 g/mol. The highest BCUT2D eigenvalue weighted by atomic mass is 32.2. The van der Waals surface area contributed by atoms with Crippen LogP contribution in [0.5, 0.6) is 0 Å². The Bertz CT molecular complexity index is 1180. The van der Waals surface area contributed by atoms with Crippen molar-refractivity contribution >= 4 is 43.8 Å². The van der Waals surface area contributed by atoms with E-state index >= 15 is 0 Å². The number of thiazole rings is 1. The fourth-order valence-corrected chi connectivity index (χ4v) is 4.83. The SMILES string of the molecule is C=CC(F)=C(C=C)C(=O)c1sc(Nc2ccc(S(=O)(=O)NCCCCC(C)(C)O)cc2)nc1N. The number of anilines is 3. The fraction of sp³-hybridized carbons (Fsp3) is 0.304. The Labute approximate surface area is 203 Å². The molecule has 184 valence electrons. The topological polar surface area (TPSA) is 134 Å². The van der Waals surface area contributed by atoms with Crippen molar-refractivity contribution in [3.63, 3.8) is 0 Å². The zero-order valence-corrected chi connectivity index (χ0v) is 20.7. The lowest BCUT2D eigenvalue weighted by molar-refractivity contribution is 0.0683. The van der Waals surface area contributed by atoms with Gasteiger partial charge in [0.15, 0.2) is 5.13 Å². The van der Waals surface area contributed by atoms with Gasteiger partial charge < -0.3 is 16.2 Å². The summed E-state index contributed by atoms with van der Waals surface area (Å²) in [5.74, 6) is -1.54. The first-order valence-corrected chi connectivity index (χ1v) is 12.7. The Morgan fingerprint density at radius 2 is 1.88 bits per heavy atom. The molecule has 0 saturated heterocycles. The van der Waals surface area contributed by atoms with Gasteiger partial charge in [0.05, 0.1) is 16.1 Å². The van der Waals surface area contributed by atoms with Crippen LogP contribution in [0.25, 0.3) is 0 Å². The average molecular weight is 509 g/mol. The molecule has 1 aromatic heterocycles. The first-order chi connectivity index (χ1) is 15.9. The molecular weight excluding hydrogens is 479 g/mol. The molecule has 0 saturated carbocycles. The molecule has 0 aliphatic heterocycles. The van der Waals surface area contributed by atoms with Gasteiger partial charge in [-0.15, -0.1) is 0 Å². The van der Waals surface area contributed by atoms with Crippen LogP contribution in [0, 0.1) is 0 Å². The normalized spacial score (nSPS) is 12.7. The number of rotatable bonds is 13. The van der Waals surface area contributed by atoms with Gasteiger partial charge in [-0.2, -0.15) is 0 Å². The van der Waals surface area contributed by atoms with Crippen LogP contribution in [0.15, 0.2) is 65.9 Å². The molecule has 2 aromatic rings. The number of nitrogens with one attached hydrogen (secondary N) is 2. The number of hydrogen-bond donors (Lipinski definition) is 4. The Morgan fingerprint density at radius 3 is 2.44 bits per heavy atom. The molecule has 1 heterocycles. The van der Waals surface area contributed by atoms with Crippen LogP contribution in [0.2, 0.25) is 0 Å². The second-order valence-electron chi connectivity index (χ2n) is 8.05. The quantitative estimate of drug-likeness (QED) is 0.136. The minimum atomic E-state index is -3.68. The summed E-state index contributed by atoms with van der Waals surface area (Å²) in [6.07, 6.45) is 3.88.